The number of nitro groups is 1. The number of hydrogen-bond donors (Lipinski definition) is 0. The molecule has 0 aromatic heterocycles. The van der Waals surface area contributed by atoms with Crippen LogP contribution in [0.3, 0.4) is 0 Å². The average molecular weight is 265 g/mol. The summed E-state index contributed by atoms with van der Waals surface area (Å²) in [5.74, 6) is -1.57. The van der Waals surface area contributed by atoms with Crippen LogP contribution in [0.15, 0.2) is 24.3 Å². The highest BCUT2D eigenvalue weighted by molar-refractivity contribution is 6.33. The maximum absolute atomic E-state index is 11.5. The number of rotatable bonds is 6. The van der Waals surface area contributed by atoms with Gasteiger partial charge in [-0.05, 0) is 20.3 Å². The first kappa shape index (κ1) is 14.8. The van der Waals surface area contributed by atoms with Gasteiger partial charge in [0, 0.05) is 18.1 Å². The number of carbonyl (C=O) groups excluding carboxylic acids is 2. The summed E-state index contributed by atoms with van der Waals surface area (Å²) in [6.45, 7) is 3.29. The Morgan fingerprint density at radius 3 is 2.53 bits per heavy atom. The molecule has 19 heavy (non-hydrogen) atoms. The number of para-hydroxylation sites is 1. The summed E-state index contributed by atoms with van der Waals surface area (Å²) >= 11 is 0. The fraction of sp³-hybridized carbons (Fsp3) is 0.385. The maximum atomic E-state index is 11.5. The van der Waals surface area contributed by atoms with Gasteiger partial charge in [0.1, 0.15) is 0 Å². The number of esters is 1. The van der Waals surface area contributed by atoms with Crippen LogP contribution >= 0.6 is 0 Å². The first-order chi connectivity index (χ1) is 8.91. The highest BCUT2D eigenvalue weighted by atomic mass is 16.6. The average Bonchev–Trinajstić information content (AvgIpc) is 2.35. The molecule has 0 aliphatic carbocycles. The molecule has 0 spiro atoms. The molecule has 0 aliphatic heterocycles. The van der Waals surface area contributed by atoms with Crippen molar-refractivity contribution in [2.45, 2.75) is 32.8 Å². The van der Waals surface area contributed by atoms with Crippen LogP contribution in [-0.2, 0) is 20.7 Å². The predicted octanol–water partition coefficient (Wildman–Crippen LogP) is 2.05. The van der Waals surface area contributed by atoms with Crippen molar-refractivity contribution >= 4 is 17.4 Å². The second kappa shape index (κ2) is 6.63. The zero-order chi connectivity index (χ0) is 14.4. The molecule has 1 rings (SSSR count). The van der Waals surface area contributed by atoms with Crippen molar-refractivity contribution in [1.29, 1.82) is 0 Å². The molecule has 1 aromatic carbocycles. The van der Waals surface area contributed by atoms with Crippen molar-refractivity contribution in [3.05, 3.63) is 39.9 Å². The Balaban J connectivity index is 2.65. The minimum atomic E-state index is -0.895. The molecule has 6 nitrogen and oxygen atoms in total. The summed E-state index contributed by atoms with van der Waals surface area (Å²) in [5, 5.41) is 10.8. The third kappa shape index (κ3) is 4.50. The molecule has 0 amide bonds. The molecule has 0 bridgehead atoms. The number of nitro benzene ring substituents is 1. The number of hydrogen-bond acceptors (Lipinski definition) is 5. The monoisotopic (exact) mass is 265 g/mol. The van der Waals surface area contributed by atoms with E-state index in [9.17, 15) is 19.7 Å². The van der Waals surface area contributed by atoms with Gasteiger partial charge in [-0.1, -0.05) is 18.2 Å². The van der Waals surface area contributed by atoms with E-state index in [1.807, 2.05) is 0 Å². The van der Waals surface area contributed by atoms with Gasteiger partial charge in [0.15, 0.2) is 0 Å². The van der Waals surface area contributed by atoms with Crippen molar-refractivity contribution in [1.82, 2.24) is 0 Å². The van der Waals surface area contributed by atoms with Gasteiger partial charge in [-0.2, -0.15) is 0 Å². The maximum Gasteiger partial charge on any atom is 0.374 e. The van der Waals surface area contributed by atoms with E-state index in [0.717, 1.165) is 0 Å². The number of nitrogens with zero attached hydrogens (tertiary/aromatic N) is 1. The Bertz CT molecular complexity index is 496. The Morgan fingerprint density at radius 2 is 1.95 bits per heavy atom. The zero-order valence-corrected chi connectivity index (χ0v) is 10.8. The van der Waals surface area contributed by atoms with Gasteiger partial charge in [0.05, 0.1) is 11.0 Å². The highest BCUT2D eigenvalue weighted by Gasteiger charge is 2.19. The summed E-state index contributed by atoms with van der Waals surface area (Å²) in [6, 6.07) is 6.14. The van der Waals surface area contributed by atoms with E-state index < -0.39 is 16.7 Å². The minimum absolute atomic E-state index is 0.0486. The Hall–Kier alpha value is -2.24. The van der Waals surface area contributed by atoms with Crippen molar-refractivity contribution in [2.24, 2.45) is 0 Å². The molecule has 0 radical (unpaired) electrons. The van der Waals surface area contributed by atoms with Gasteiger partial charge in [0.2, 0.25) is 5.78 Å². The molecule has 6 heteroatoms. The van der Waals surface area contributed by atoms with Gasteiger partial charge >= 0.3 is 5.97 Å². The van der Waals surface area contributed by atoms with Crippen LogP contribution in [-0.4, -0.2) is 22.8 Å². The fourth-order valence-electron chi connectivity index (χ4n) is 1.53. The molecule has 0 aliphatic rings. The number of ketones is 1. The smallest absolute Gasteiger partial charge is 0.374 e. The standard InChI is InChI=1S/C13H15NO5/c1-9(2)19-13(16)12(15)8-7-10-5-3-4-6-11(10)14(17)18/h3-6,9H,7-8H2,1-2H3. The lowest BCUT2D eigenvalue weighted by Crippen LogP contribution is -2.21. The van der Waals surface area contributed by atoms with Crippen LogP contribution in [0, 0.1) is 10.1 Å². The van der Waals surface area contributed by atoms with Gasteiger partial charge < -0.3 is 4.74 Å². The van der Waals surface area contributed by atoms with Gasteiger partial charge in [-0.25, -0.2) is 4.79 Å². The third-order valence-corrected chi connectivity index (χ3v) is 2.38. The van der Waals surface area contributed by atoms with E-state index in [-0.39, 0.29) is 24.6 Å². The first-order valence-electron chi connectivity index (χ1n) is 5.88. The van der Waals surface area contributed by atoms with Gasteiger partial charge in [-0.15, -0.1) is 0 Å². The van der Waals surface area contributed by atoms with Crippen molar-refractivity contribution in [2.75, 3.05) is 0 Å². The van der Waals surface area contributed by atoms with Crippen molar-refractivity contribution in [3.8, 4) is 0 Å². The second-order valence-corrected chi connectivity index (χ2v) is 4.26. The molecular formula is C13H15NO5. The summed E-state index contributed by atoms with van der Waals surface area (Å²) in [4.78, 5) is 33.0. The van der Waals surface area contributed by atoms with Crippen molar-refractivity contribution < 1.29 is 19.2 Å². The van der Waals surface area contributed by atoms with E-state index >= 15 is 0 Å². The lowest BCUT2D eigenvalue weighted by Gasteiger charge is -2.06. The summed E-state index contributed by atoms with van der Waals surface area (Å²) in [6.07, 6.45) is -0.318. The molecule has 0 fully saturated rings. The zero-order valence-electron chi connectivity index (χ0n) is 10.8. The molecule has 0 heterocycles. The molecule has 0 atom stereocenters. The summed E-state index contributed by atoms with van der Waals surface area (Å²) in [5.41, 5.74) is 0.380. The van der Waals surface area contributed by atoms with Gasteiger partial charge in [0.25, 0.3) is 5.69 Å². The topological polar surface area (TPSA) is 86.5 Å². The number of ether oxygens (including phenoxy) is 1. The molecule has 1 aromatic rings. The molecular weight excluding hydrogens is 250 g/mol. The van der Waals surface area contributed by atoms with Crippen LogP contribution in [0.2, 0.25) is 0 Å². The number of Topliss-reactive ketones (excluding diaryl/α,β-unsaturated/α-hetero) is 1. The quantitative estimate of drug-likeness (QED) is 0.340. The van der Waals surface area contributed by atoms with E-state index in [2.05, 4.69) is 0 Å². The number of carbonyl (C=O) groups is 2. The second-order valence-electron chi connectivity index (χ2n) is 4.26. The first-order valence-corrected chi connectivity index (χ1v) is 5.88. The van der Waals surface area contributed by atoms with Crippen molar-refractivity contribution in [3.63, 3.8) is 0 Å². The molecule has 0 saturated heterocycles. The molecule has 0 unspecified atom stereocenters. The van der Waals surface area contributed by atoms with Crippen LogP contribution in [0.4, 0.5) is 5.69 Å². The van der Waals surface area contributed by atoms with Crippen LogP contribution < -0.4 is 0 Å². The van der Waals surface area contributed by atoms with Gasteiger partial charge in [-0.3, -0.25) is 14.9 Å². The number of benzene rings is 1. The summed E-state index contributed by atoms with van der Waals surface area (Å²) in [7, 11) is 0. The molecule has 0 saturated carbocycles. The lowest BCUT2D eigenvalue weighted by molar-refractivity contribution is -0.385. The largest absolute Gasteiger partial charge is 0.457 e. The Labute approximate surface area is 110 Å². The fourth-order valence-corrected chi connectivity index (χ4v) is 1.53. The van der Waals surface area contributed by atoms with Crippen LogP contribution in [0.25, 0.3) is 0 Å². The lowest BCUT2D eigenvalue weighted by atomic mass is 10.1. The third-order valence-electron chi connectivity index (χ3n) is 2.38. The van der Waals surface area contributed by atoms with E-state index in [1.165, 1.54) is 6.07 Å². The molecule has 102 valence electrons. The molecule has 0 N–H and O–H groups in total. The number of aryl methyl sites for hydroxylation is 1. The minimum Gasteiger partial charge on any atom is -0.457 e. The van der Waals surface area contributed by atoms with E-state index in [4.69, 9.17) is 4.74 Å². The SMILES string of the molecule is CC(C)OC(=O)C(=O)CCc1ccccc1[N+](=O)[O-]. The predicted molar refractivity (Wildman–Crippen MR) is 67.7 cm³/mol. The van der Waals surface area contributed by atoms with Crippen LogP contribution in [0.5, 0.6) is 0 Å². The highest BCUT2D eigenvalue weighted by Crippen LogP contribution is 2.19. The Morgan fingerprint density at radius 1 is 1.32 bits per heavy atom. The van der Waals surface area contributed by atoms with E-state index in [1.54, 1.807) is 32.0 Å². The van der Waals surface area contributed by atoms with Crippen LogP contribution in [0.1, 0.15) is 25.8 Å². The normalized spacial score (nSPS) is 10.3. The Kier molecular flexibility index (Phi) is 5.17. The summed E-state index contributed by atoms with van der Waals surface area (Å²) < 4.78 is 4.76. The van der Waals surface area contributed by atoms with E-state index in [0.29, 0.717) is 5.56 Å².